The molecule has 4 nitrogen and oxygen atoms in total. The molecule has 19 heavy (non-hydrogen) atoms. The number of nitrogens with one attached hydrogen (secondary N) is 1. The summed E-state index contributed by atoms with van der Waals surface area (Å²) in [6.45, 7) is 0. The molecule has 0 fully saturated rings. The van der Waals surface area contributed by atoms with Crippen molar-refractivity contribution in [3.63, 3.8) is 0 Å². The van der Waals surface area contributed by atoms with Crippen LogP contribution < -0.4 is 16.0 Å². The van der Waals surface area contributed by atoms with Crippen molar-refractivity contribution in [1.29, 1.82) is 0 Å². The highest BCUT2D eigenvalue weighted by molar-refractivity contribution is 5.37. The van der Waals surface area contributed by atoms with E-state index in [4.69, 9.17) is 10.6 Å². The minimum Gasteiger partial charge on any atom is -0.495 e. The van der Waals surface area contributed by atoms with Crippen molar-refractivity contribution in [2.24, 2.45) is 5.84 Å². The minimum atomic E-state index is -0.725. The normalized spacial score (nSPS) is 12.2. The van der Waals surface area contributed by atoms with Gasteiger partial charge < -0.3 is 4.74 Å². The van der Waals surface area contributed by atoms with Crippen molar-refractivity contribution in [1.82, 2.24) is 10.4 Å². The van der Waals surface area contributed by atoms with Crippen LogP contribution in [-0.4, -0.2) is 12.1 Å². The van der Waals surface area contributed by atoms with Gasteiger partial charge in [-0.2, -0.15) is 0 Å². The molecular weight excluding hydrogens is 252 g/mol. The molecule has 100 valence electrons. The van der Waals surface area contributed by atoms with Crippen LogP contribution in [0.4, 0.5) is 8.78 Å². The Labute approximate surface area is 109 Å². The molecule has 0 saturated heterocycles. The summed E-state index contributed by atoms with van der Waals surface area (Å²) in [6, 6.07) is 5.94. The highest BCUT2D eigenvalue weighted by Gasteiger charge is 2.21. The van der Waals surface area contributed by atoms with E-state index >= 15 is 0 Å². The van der Waals surface area contributed by atoms with Gasteiger partial charge in [0.1, 0.15) is 23.1 Å². The Morgan fingerprint density at radius 1 is 1.32 bits per heavy atom. The summed E-state index contributed by atoms with van der Waals surface area (Å²) in [6.07, 6.45) is 1.55. The molecule has 1 aromatic carbocycles. The van der Waals surface area contributed by atoms with Crippen LogP contribution in [-0.2, 0) is 0 Å². The monoisotopic (exact) mass is 265 g/mol. The maximum atomic E-state index is 13.8. The van der Waals surface area contributed by atoms with E-state index in [1.165, 1.54) is 13.2 Å². The van der Waals surface area contributed by atoms with Gasteiger partial charge in [-0.15, -0.1) is 0 Å². The lowest BCUT2D eigenvalue weighted by Crippen LogP contribution is -2.30. The molecule has 2 aromatic rings. The fourth-order valence-electron chi connectivity index (χ4n) is 1.84. The maximum absolute atomic E-state index is 13.8. The van der Waals surface area contributed by atoms with Gasteiger partial charge in [0.15, 0.2) is 0 Å². The Balaban J connectivity index is 2.50. The quantitative estimate of drug-likeness (QED) is 0.655. The van der Waals surface area contributed by atoms with Crippen LogP contribution in [0.5, 0.6) is 5.75 Å². The van der Waals surface area contributed by atoms with E-state index in [0.717, 1.165) is 12.1 Å². The lowest BCUT2D eigenvalue weighted by Gasteiger charge is -2.18. The largest absolute Gasteiger partial charge is 0.495 e. The number of rotatable bonds is 4. The molecule has 1 unspecified atom stereocenters. The van der Waals surface area contributed by atoms with Crippen LogP contribution in [0.3, 0.4) is 0 Å². The first kappa shape index (κ1) is 13.4. The van der Waals surface area contributed by atoms with Gasteiger partial charge in [-0.1, -0.05) is 6.07 Å². The number of ether oxygens (including phenoxy) is 1. The van der Waals surface area contributed by atoms with Crippen molar-refractivity contribution in [2.75, 3.05) is 7.11 Å². The van der Waals surface area contributed by atoms with Crippen LogP contribution in [0.1, 0.15) is 17.3 Å². The predicted octanol–water partition coefficient (Wildman–Crippen LogP) is 1.92. The van der Waals surface area contributed by atoms with Gasteiger partial charge in [-0.05, 0) is 18.2 Å². The number of pyridine rings is 1. The molecule has 6 heteroatoms. The Morgan fingerprint density at radius 3 is 2.74 bits per heavy atom. The van der Waals surface area contributed by atoms with Gasteiger partial charge in [0, 0.05) is 17.8 Å². The molecule has 1 aromatic heterocycles. The minimum absolute atomic E-state index is 0.195. The second kappa shape index (κ2) is 5.73. The number of nitrogens with zero attached hydrogens (tertiary/aromatic N) is 1. The lowest BCUT2D eigenvalue weighted by molar-refractivity contribution is 0.399. The molecule has 2 rings (SSSR count). The van der Waals surface area contributed by atoms with Crippen molar-refractivity contribution >= 4 is 0 Å². The number of methoxy groups -OCH3 is 1. The molecule has 0 aliphatic carbocycles. The van der Waals surface area contributed by atoms with Gasteiger partial charge in [0.25, 0.3) is 0 Å². The van der Waals surface area contributed by atoms with E-state index in [1.807, 2.05) is 0 Å². The Bertz CT molecular complexity index is 578. The van der Waals surface area contributed by atoms with Gasteiger partial charge in [-0.25, -0.2) is 14.2 Å². The number of benzene rings is 1. The van der Waals surface area contributed by atoms with E-state index in [2.05, 4.69) is 10.4 Å². The summed E-state index contributed by atoms with van der Waals surface area (Å²) in [5.41, 5.74) is 3.09. The van der Waals surface area contributed by atoms with E-state index in [9.17, 15) is 8.78 Å². The number of hydrogen-bond donors (Lipinski definition) is 2. The van der Waals surface area contributed by atoms with Gasteiger partial charge in [0.05, 0.1) is 13.2 Å². The summed E-state index contributed by atoms with van der Waals surface area (Å²) in [7, 11) is 1.48. The average Bonchev–Trinajstić information content (AvgIpc) is 2.42. The fraction of sp³-hybridized carbons (Fsp3) is 0.154. The maximum Gasteiger partial charge on any atom is 0.142 e. The molecular formula is C13H13F2N3O. The van der Waals surface area contributed by atoms with E-state index in [-0.39, 0.29) is 5.56 Å². The second-order valence-corrected chi connectivity index (χ2v) is 3.86. The smallest absolute Gasteiger partial charge is 0.142 e. The first-order chi connectivity index (χ1) is 9.17. The Hall–Kier alpha value is -2.05. The highest BCUT2D eigenvalue weighted by atomic mass is 19.1. The number of hydrogen-bond acceptors (Lipinski definition) is 4. The molecule has 0 aliphatic rings. The second-order valence-electron chi connectivity index (χ2n) is 3.86. The topological polar surface area (TPSA) is 60.2 Å². The zero-order valence-corrected chi connectivity index (χ0v) is 10.2. The summed E-state index contributed by atoms with van der Waals surface area (Å²) in [5.74, 6) is 4.58. The van der Waals surface area contributed by atoms with Crippen LogP contribution in [0.2, 0.25) is 0 Å². The van der Waals surface area contributed by atoms with E-state index < -0.39 is 17.7 Å². The van der Waals surface area contributed by atoms with Gasteiger partial charge >= 0.3 is 0 Å². The summed E-state index contributed by atoms with van der Waals surface area (Å²) < 4.78 is 31.9. The molecule has 0 saturated carbocycles. The van der Waals surface area contributed by atoms with Crippen LogP contribution >= 0.6 is 0 Å². The van der Waals surface area contributed by atoms with E-state index in [1.54, 1.807) is 18.3 Å². The van der Waals surface area contributed by atoms with Crippen LogP contribution in [0.15, 0.2) is 36.5 Å². The molecule has 1 atom stereocenters. The number of nitrogens with two attached hydrogens (primary N) is 1. The predicted molar refractivity (Wildman–Crippen MR) is 66.3 cm³/mol. The van der Waals surface area contributed by atoms with Crippen molar-refractivity contribution in [2.45, 2.75) is 6.04 Å². The molecule has 1 heterocycles. The van der Waals surface area contributed by atoms with Gasteiger partial charge in [-0.3, -0.25) is 10.8 Å². The lowest BCUT2D eigenvalue weighted by atomic mass is 10.0. The van der Waals surface area contributed by atoms with Crippen molar-refractivity contribution in [3.05, 3.63) is 59.4 Å². The highest BCUT2D eigenvalue weighted by Crippen LogP contribution is 2.28. The van der Waals surface area contributed by atoms with Crippen LogP contribution in [0.25, 0.3) is 0 Å². The fourth-order valence-corrected chi connectivity index (χ4v) is 1.84. The molecule has 0 spiro atoms. The third kappa shape index (κ3) is 2.69. The number of aromatic nitrogens is 1. The zero-order chi connectivity index (χ0) is 13.8. The first-order valence-electron chi connectivity index (χ1n) is 5.57. The summed E-state index contributed by atoms with van der Waals surface area (Å²) in [4.78, 5) is 4.13. The molecule has 3 N–H and O–H groups in total. The third-order valence-electron chi connectivity index (χ3n) is 2.73. The van der Waals surface area contributed by atoms with Crippen molar-refractivity contribution in [3.8, 4) is 5.75 Å². The van der Waals surface area contributed by atoms with Crippen LogP contribution in [0, 0.1) is 11.6 Å². The van der Waals surface area contributed by atoms with E-state index in [0.29, 0.717) is 11.4 Å². The standard InChI is InChI=1S/C13H13F2N3O/c1-19-11-3-2-6-17-13(11)12(18-16)9-5-4-8(14)7-10(9)15/h2-7,12,18H,16H2,1H3. The SMILES string of the molecule is COc1cccnc1C(NN)c1ccc(F)cc1F. The van der Waals surface area contributed by atoms with Gasteiger partial charge in [0.2, 0.25) is 0 Å². The molecule has 0 bridgehead atoms. The Morgan fingerprint density at radius 2 is 2.11 bits per heavy atom. The summed E-state index contributed by atoms with van der Waals surface area (Å²) in [5, 5.41) is 0. The number of hydrazine groups is 1. The summed E-state index contributed by atoms with van der Waals surface area (Å²) >= 11 is 0. The zero-order valence-electron chi connectivity index (χ0n) is 10.2. The third-order valence-corrected chi connectivity index (χ3v) is 2.73. The average molecular weight is 265 g/mol. The van der Waals surface area contributed by atoms with Crippen molar-refractivity contribution < 1.29 is 13.5 Å². The number of halogens is 2. The molecule has 0 radical (unpaired) electrons. The molecule has 0 aliphatic heterocycles. The Kier molecular flexibility index (Phi) is 4.03. The first-order valence-corrected chi connectivity index (χ1v) is 5.57. The molecule has 0 amide bonds.